The molecule has 50 heavy (non-hydrogen) atoms. The zero-order chi connectivity index (χ0) is 35.3. The summed E-state index contributed by atoms with van der Waals surface area (Å²) in [7, 11) is 0. The molecule has 0 amide bonds. The minimum Gasteiger partial charge on any atom is -0.398 e. The molecule has 0 aliphatic heterocycles. The van der Waals surface area contributed by atoms with Crippen LogP contribution in [0.25, 0.3) is 28.0 Å². The summed E-state index contributed by atoms with van der Waals surface area (Å²) in [4.78, 5) is 0. The first-order valence-electron chi connectivity index (χ1n) is 20.0. The summed E-state index contributed by atoms with van der Waals surface area (Å²) in [5, 5.41) is 0. The molecule has 0 saturated heterocycles. The highest BCUT2D eigenvalue weighted by Crippen LogP contribution is 2.35. The summed E-state index contributed by atoms with van der Waals surface area (Å²) >= 11 is 0. The number of hydrogen-bond donors (Lipinski definition) is 1. The molecule has 4 aromatic carbocycles. The van der Waals surface area contributed by atoms with Crippen molar-refractivity contribution >= 4 is 5.70 Å². The van der Waals surface area contributed by atoms with Gasteiger partial charge in [0.15, 0.2) is 0 Å². The number of benzene rings is 4. The number of hydrogen-bond acceptors (Lipinski definition) is 1. The summed E-state index contributed by atoms with van der Waals surface area (Å²) in [6, 6.07) is 33.0. The predicted molar refractivity (Wildman–Crippen MR) is 220 cm³/mol. The normalized spacial score (nSPS) is 18.1. The van der Waals surface area contributed by atoms with Crippen molar-refractivity contribution in [2.75, 3.05) is 0 Å². The largest absolute Gasteiger partial charge is 0.398 e. The van der Waals surface area contributed by atoms with Crippen LogP contribution in [0.3, 0.4) is 0 Å². The monoisotopic (exact) mass is 665 g/mol. The molecule has 1 aliphatic carbocycles. The Balaban J connectivity index is 1.43. The van der Waals surface area contributed by atoms with Gasteiger partial charge in [-0.3, -0.25) is 0 Å². The van der Waals surface area contributed by atoms with Crippen molar-refractivity contribution in [1.82, 2.24) is 0 Å². The van der Waals surface area contributed by atoms with E-state index in [4.69, 9.17) is 5.73 Å². The molecule has 0 radical (unpaired) electrons. The van der Waals surface area contributed by atoms with Crippen LogP contribution in [0.4, 0.5) is 0 Å². The highest BCUT2D eigenvalue weighted by atomic mass is 14.6. The lowest BCUT2D eigenvalue weighted by atomic mass is 9.82. The van der Waals surface area contributed by atoms with E-state index in [2.05, 4.69) is 138 Å². The average Bonchev–Trinajstić information content (AvgIpc) is 3.14. The molecule has 2 N–H and O–H groups in total. The van der Waals surface area contributed by atoms with Gasteiger partial charge in [-0.25, -0.2) is 0 Å². The Kier molecular flexibility index (Phi) is 14.2. The van der Waals surface area contributed by atoms with Gasteiger partial charge in [0, 0.05) is 11.3 Å². The van der Waals surface area contributed by atoms with Crippen molar-refractivity contribution in [2.45, 2.75) is 124 Å². The minimum absolute atomic E-state index is 0.420. The lowest BCUT2D eigenvalue weighted by molar-refractivity contribution is 0.442. The van der Waals surface area contributed by atoms with Crippen LogP contribution in [-0.4, -0.2) is 0 Å². The molecule has 0 spiro atoms. The molecular weight excluding hydrogens is 603 g/mol. The van der Waals surface area contributed by atoms with E-state index in [9.17, 15) is 0 Å². The lowest BCUT2D eigenvalue weighted by Crippen LogP contribution is -2.11. The van der Waals surface area contributed by atoms with Crippen LogP contribution in [0.1, 0.15) is 138 Å². The fraction of sp³-hybridized carbons (Fsp3) is 0.429. The maximum Gasteiger partial charge on any atom is 0.0390 e. The SMILES string of the molecule is CCCCCCCc1ccc(-c2cc(Cc3ccc4c(c3)/C(N)=C/C=C\C(C)C4C)cc(-c3ccc(CC(CC)CCCCC)cc3)c2)cc1. The molecule has 1 heteroatoms. The molecule has 4 aromatic rings. The second-order valence-electron chi connectivity index (χ2n) is 15.2. The van der Waals surface area contributed by atoms with Gasteiger partial charge >= 0.3 is 0 Å². The maximum atomic E-state index is 6.64. The van der Waals surface area contributed by atoms with Crippen molar-refractivity contribution in [1.29, 1.82) is 0 Å². The smallest absolute Gasteiger partial charge is 0.0390 e. The number of nitrogens with two attached hydrogens (primary N) is 1. The molecule has 1 nitrogen and oxygen atoms in total. The fourth-order valence-corrected chi connectivity index (χ4v) is 7.69. The number of unbranched alkanes of at least 4 members (excludes halogenated alkanes) is 6. The molecule has 3 atom stereocenters. The van der Waals surface area contributed by atoms with Gasteiger partial charge in [0.2, 0.25) is 0 Å². The first-order valence-corrected chi connectivity index (χ1v) is 20.0. The van der Waals surface area contributed by atoms with Crippen LogP contribution < -0.4 is 5.73 Å². The second-order valence-corrected chi connectivity index (χ2v) is 15.2. The Hall–Kier alpha value is -3.84. The Morgan fingerprint density at radius 3 is 1.88 bits per heavy atom. The topological polar surface area (TPSA) is 26.0 Å². The molecule has 5 rings (SSSR count). The van der Waals surface area contributed by atoms with E-state index in [-0.39, 0.29) is 0 Å². The van der Waals surface area contributed by atoms with Crippen LogP contribution in [0, 0.1) is 11.8 Å². The summed E-state index contributed by atoms with van der Waals surface area (Å²) in [5.41, 5.74) is 20.7. The van der Waals surface area contributed by atoms with E-state index in [1.165, 1.54) is 133 Å². The molecule has 3 unspecified atom stereocenters. The first kappa shape index (κ1) is 37.4. The Bertz CT molecular complexity index is 1690. The highest BCUT2D eigenvalue weighted by molar-refractivity contribution is 5.75. The van der Waals surface area contributed by atoms with Crippen LogP contribution >= 0.6 is 0 Å². The first-order chi connectivity index (χ1) is 24.4. The number of fused-ring (bicyclic) bond motifs is 1. The number of allylic oxidation sites excluding steroid dienone is 3. The summed E-state index contributed by atoms with van der Waals surface area (Å²) in [6.07, 6.45) is 22.9. The molecule has 0 aromatic heterocycles. The molecular formula is C49H63N. The average molecular weight is 666 g/mol. The Morgan fingerprint density at radius 1 is 0.600 bits per heavy atom. The molecule has 264 valence electrons. The van der Waals surface area contributed by atoms with Crippen LogP contribution in [-0.2, 0) is 19.3 Å². The van der Waals surface area contributed by atoms with Crippen molar-refractivity contribution in [3.8, 4) is 22.3 Å². The van der Waals surface area contributed by atoms with E-state index < -0.39 is 0 Å². The quantitative estimate of drug-likeness (QED) is 0.112. The van der Waals surface area contributed by atoms with E-state index in [0.717, 1.165) is 18.0 Å². The lowest BCUT2D eigenvalue weighted by Gasteiger charge is -2.23. The third-order valence-corrected chi connectivity index (χ3v) is 11.3. The van der Waals surface area contributed by atoms with Crippen molar-refractivity contribution < 1.29 is 0 Å². The standard InChI is InChI=1S/C49H63N/c1-6-9-11-12-14-18-39-20-25-43(26-21-39)45-32-42(31-41-24-29-47-37(5)36(4)16-15-19-49(50)48(47)34-41)33-46(35-45)44-27-22-40(23-28-44)30-38(8-3)17-13-10-7-2/h15-16,19-29,32-38H,6-14,17-18,30-31,50H2,1-5H3/b16-15-,49-19-. The summed E-state index contributed by atoms with van der Waals surface area (Å²) < 4.78 is 0. The fourth-order valence-electron chi connectivity index (χ4n) is 7.69. The van der Waals surface area contributed by atoms with Gasteiger partial charge in [0.05, 0.1) is 0 Å². The van der Waals surface area contributed by atoms with Gasteiger partial charge in [0.25, 0.3) is 0 Å². The predicted octanol–water partition coefficient (Wildman–Crippen LogP) is 13.9. The molecule has 0 saturated carbocycles. The van der Waals surface area contributed by atoms with Crippen molar-refractivity contribution in [3.63, 3.8) is 0 Å². The van der Waals surface area contributed by atoms with Gasteiger partial charge in [-0.15, -0.1) is 0 Å². The summed E-state index contributed by atoms with van der Waals surface area (Å²) in [6.45, 7) is 11.6. The number of aryl methyl sites for hydroxylation is 1. The van der Waals surface area contributed by atoms with Crippen molar-refractivity contribution in [2.24, 2.45) is 17.6 Å². The van der Waals surface area contributed by atoms with Crippen LogP contribution in [0.15, 0.2) is 103 Å². The van der Waals surface area contributed by atoms with Gasteiger partial charge in [-0.1, -0.05) is 177 Å². The third-order valence-electron chi connectivity index (χ3n) is 11.3. The number of rotatable bonds is 17. The van der Waals surface area contributed by atoms with Gasteiger partial charge < -0.3 is 5.73 Å². The maximum absolute atomic E-state index is 6.64. The van der Waals surface area contributed by atoms with Gasteiger partial charge in [-0.05, 0) is 112 Å². The second kappa shape index (κ2) is 19.0. The molecule has 0 fully saturated rings. The zero-order valence-electron chi connectivity index (χ0n) is 31.8. The molecule has 1 aliphatic rings. The molecule has 0 bridgehead atoms. The summed E-state index contributed by atoms with van der Waals surface area (Å²) in [5.74, 6) is 1.66. The van der Waals surface area contributed by atoms with E-state index in [1.807, 2.05) is 0 Å². The Labute approximate surface area is 305 Å². The Morgan fingerprint density at radius 2 is 1.22 bits per heavy atom. The highest BCUT2D eigenvalue weighted by Gasteiger charge is 2.19. The van der Waals surface area contributed by atoms with Gasteiger partial charge in [-0.2, -0.15) is 0 Å². The van der Waals surface area contributed by atoms with E-state index in [1.54, 1.807) is 0 Å². The molecule has 0 heterocycles. The zero-order valence-corrected chi connectivity index (χ0v) is 31.8. The van der Waals surface area contributed by atoms with Crippen LogP contribution in [0.5, 0.6) is 0 Å². The third kappa shape index (κ3) is 10.3. The minimum atomic E-state index is 0.420. The van der Waals surface area contributed by atoms with E-state index in [0.29, 0.717) is 11.8 Å². The van der Waals surface area contributed by atoms with Gasteiger partial charge in [0.1, 0.15) is 0 Å². The van der Waals surface area contributed by atoms with Crippen molar-refractivity contribution in [3.05, 3.63) is 137 Å². The van der Waals surface area contributed by atoms with E-state index >= 15 is 0 Å². The van der Waals surface area contributed by atoms with Crippen LogP contribution in [0.2, 0.25) is 0 Å².